The summed E-state index contributed by atoms with van der Waals surface area (Å²) in [7, 11) is 0. The highest BCUT2D eigenvalue weighted by atomic mass is 16.2. The average molecular weight is 304 g/mol. The molecule has 114 valence electrons. The number of rotatable bonds is 0. The van der Waals surface area contributed by atoms with Crippen molar-refractivity contribution >= 4 is 11.9 Å². The highest BCUT2D eigenvalue weighted by Crippen LogP contribution is 2.55. The molecule has 1 heterocycles. The van der Waals surface area contributed by atoms with Gasteiger partial charge in [-0.2, -0.15) is 0 Å². The molecule has 3 amide bonds. The van der Waals surface area contributed by atoms with Crippen LogP contribution in [0.2, 0.25) is 0 Å². The van der Waals surface area contributed by atoms with E-state index in [9.17, 15) is 9.59 Å². The van der Waals surface area contributed by atoms with Crippen molar-refractivity contribution < 1.29 is 9.59 Å². The topological polar surface area (TPSA) is 49.4 Å². The van der Waals surface area contributed by atoms with Gasteiger partial charge in [0.25, 0.3) is 0 Å². The van der Waals surface area contributed by atoms with Gasteiger partial charge >= 0.3 is 6.03 Å². The van der Waals surface area contributed by atoms with Crippen LogP contribution in [0.15, 0.2) is 48.5 Å². The number of amides is 3. The molecule has 0 aromatic heterocycles. The molecule has 1 N–H and O–H groups in total. The van der Waals surface area contributed by atoms with E-state index in [1.807, 2.05) is 12.1 Å². The Labute approximate surface area is 134 Å². The van der Waals surface area contributed by atoms with Crippen LogP contribution >= 0.6 is 0 Å². The maximum absolute atomic E-state index is 12.4. The minimum absolute atomic E-state index is 0.0406. The number of hydrogen-bond donors (Lipinski definition) is 1. The number of imide groups is 1. The van der Waals surface area contributed by atoms with E-state index in [2.05, 4.69) is 41.7 Å². The summed E-state index contributed by atoms with van der Waals surface area (Å²) in [6.07, 6.45) is 0. The van der Waals surface area contributed by atoms with Crippen LogP contribution in [0.1, 0.15) is 41.0 Å². The molecule has 3 aliphatic carbocycles. The fourth-order valence-corrected chi connectivity index (χ4v) is 4.83. The fourth-order valence-electron chi connectivity index (χ4n) is 4.83. The Kier molecular flexibility index (Phi) is 2.36. The Hall–Kier alpha value is -2.62. The normalized spacial score (nSPS) is 29.6. The van der Waals surface area contributed by atoms with E-state index in [-0.39, 0.29) is 35.9 Å². The first-order valence-corrected chi connectivity index (χ1v) is 7.96. The molecule has 1 fully saturated rings. The minimum atomic E-state index is -0.261. The summed E-state index contributed by atoms with van der Waals surface area (Å²) in [4.78, 5) is 25.9. The highest BCUT2D eigenvalue weighted by Gasteiger charge is 2.57. The number of benzene rings is 2. The third-order valence-corrected chi connectivity index (χ3v) is 5.55. The molecule has 4 heteroatoms. The van der Waals surface area contributed by atoms with E-state index in [0.717, 1.165) is 0 Å². The standard InChI is InChI=1S/C19H16N2O2/c1-10(22)21-18-16-13-8-4-2-6-11(13)15(17(18)20-19(21)23)12-7-3-5-9-14(12)16/h2-9,15-18H,1H3,(H,20,23)/t15?,16?,17-,18+/m0/s1. The molecule has 2 atom stereocenters. The van der Waals surface area contributed by atoms with Gasteiger partial charge in [-0.3, -0.25) is 9.69 Å². The molecule has 2 aromatic carbocycles. The van der Waals surface area contributed by atoms with Crippen molar-refractivity contribution in [1.82, 2.24) is 10.2 Å². The molecule has 0 unspecified atom stereocenters. The van der Waals surface area contributed by atoms with Crippen LogP contribution in [0.5, 0.6) is 0 Å². The van der Waals surface area contributed by atoms with Gasteiger partial charge in [0.2, 0.25) is 5.91 Å². The Morgan fingerprint density at radius 1 is 0.913 bits per heavy atom. The number of carbonyl (C=O) groups excluding carboxylic acids is 2. The lowest BCUT2D eigenvalue weighted by Crippen LogP contribution is -2.53. The molecule has 0 radical (unpaired) electrons. The highest BCUT2D eigenvalue weighted by molar-refractivity contribution is 5.96. The summed E-state index contributed by atoms with van der Waals surface area (Å²) >= 11 is 0. The summed E-state index contributed by atoms with van der Waals surface area (Å²) in [5, 5.41) is 3.07. The molecular formula is C19H16N2O2. The summed E-state index contributed by atoms with van der Waals surface area (Å²) in [5.41, 5.74) is 5.06. The average Bonchev–Trinajstić information content (AvgIpc) is 2.91. The number of hydrogen-bond acceptors (Lipinski definition) is 2. The van der Waals surface area contributed by atoms with Crippen molar-refractivity contribution in [3.8, 4) is 0 Å². The largest absolute Gasteiger partial charge is 0.332 e. The Morgan fingerprint density at radius 3 is 1.87 bits per heavy atom. The van der Waals surface area contributed by atoms with Crippen LogP contribution in [0, 0.1) is 0 Å². The van der Waals surface area contributed by atoms with Crippen molar-refractivity contribution in [3.05, 3.63) is 70.8 Å². The first kappa shape index (κ1) is 12.9. The second-order valence-electron chi connectivity index (χ2n) is 6.57. The fraction of sp³-hybridized carbons (Fsp3) is 0.263. The van der Waals surface area contributed by atoms with Crippen LogP contribution in [-0.2, 0) is 4.79 Å². The molecule has 1 aliphatic heterocycles. The van der Waals surface area contributed by atoms with Gasteiger partial charge in [-0.05, 0) is 22.3 Å². The SMILES string of the molecule is CC(=O)N1C(=O)N[C@H]2C3c4ccccc4C(c4ccccc43)[C@H]21. The summed E-state index contributed by atoms with van der Waals surface area (Å²) in [6.45, 7) is 1.47. The Balaban J connectivity index is 1.81. The maximum Gasteiger partial charge on any atom is 0.324 e. The van der Waals surface area contributed by atoms with Crippen LogP contribution in [0.4, 0.5) is 4.79 Å². The smallest absolute Gasteiger partial charge is 0.324 e. The van der Waals surface area contributed by atoms with Crippen molar-refractivity contribution in [2.24, 2.45) is 0 Å². The zero-order valence-corrected chi connectivity index (χ0v) is 12.7. The van der Waals surface area contributed by atoms with Gasteiger partial charge in [0.15, 0.2) is 0 Å². The molecule has 4 nitrogen and oxygen atoms in total. The molecule has 0 saturated carbocycles. The summed E-state index contributed by atoms with van der Waals surface area (Å²) < 4.78 is 0. The second kappa shape index (κ2) is 4.22. The van der Waals surface area contributed by atoms with Crippen LogP contribution in [-0.4, -0.2) is 28.9 Å². The number of urea groups is 1. The summed E-state index contributed by atoms with van der Waals surface area (Å²) in [6, 6.07) is 16.3. The zero-order valence-electron chi connectivity index (χ0n) is 12.7. The maximum atomic E-state index is 12.4. The van der Waals surface area contributed by atoms with Crippen LogP contribution < -0.4 is 5.32 Å². The quantitative estimate of drug-likeness (QED) is 0.813. The Bertz CT molecular complexity index is 812. The molecule has 6 rings (SSSR count). The van der Waals surface area contributed by atoms with Crippen molar-refractivity contribution in [2.45, 2.75) is 30.8 Å². The van der Waals surface area contributed by atoms with E-state index >= 15 is 0 Å². The van der Waals surface area contributed by atoms with Gasteiger partial charge in [0.05, 0.1) is 12.1 Å². The molecule has 1 saturated heterocycles. The zero-order chi connectivity index (χ0) is 15.7. The van der Waals surface area contributed by atoms with E-state index in [4.69, 9.17) is 0 Å². The van der Waals surface area contributed by atoms with E-state index in [0.29, 0.717) is 0 Å². The lowest BCUT2D eigenvalue weighted by atomic mass is 9.59. The third kappa shape index (κ3) is 1.46. The van der Waals surface area contributed by atoms with Crippen molar-refractivity contribution in [3.63, 3.8) is 0 Å². The predicted octanol–water partition coefficient (Wildman–Crippen LogP) is 2.59. The van der Waals surface area contributed by atoms with Gasteiger partial charge in [0.1, 0.15) is 0 Å². The number of nitrogens with zero attached hydrogens (tertiary/aromatic N) is 1. The van der Waals surface area contributed by atoms with Crippen LogP contribution in [0.3, 0.4) is 0 Å². The lowest BCUT2D eigenvalue weighted by molar-refractivity contribution is -0.127. The predicted molar refractivity (Wildman–Crippen MR) is 85.2 cm³/mol. The summed E-state index contributed by atoms with van der Waals surface area (Å²) in [5.74, 6) is -0.0107. The van der Waals surface area contributed by atoms with Gasteiger partial charge < -0.3 is 5.32 Å². The molecule has 2 aromatic rings. The third-order valence-electron chi connectivity index (χ3n) is 5.55. The van der Waals surface area contributed by atoms with Gasteiger partial charge in [-0.15, -0.1) is 0 Å². The monoisotopic (exact) mass is 304 g/mol. The van der Waals surface area contributed by atoms with Gasteiger partial charge in [-0.1, -0.05) is 48.5 Å². The van der Waals surface area contributed by atoms with E-state index in [1.54, 1.807) is 0 Å². The van der Waals surface area contributed by atoms with Crippen molar-refractivity contribution in [1.29, 1.82) is 0 Å². The molecule has 0 spiro atoms. The van der Waals surface area contributed by atoms with Gasteiger partial charge in [-0.25, -0.2) is 4.79 Å². The Morgan fingerprint density at radius 2 is 1.39 bits per heavy atom. The molecule has 23 heavy (non-hydrogen) atoms. The van der Waals surface area contributed by atoms with Crippen molar-refractivity contribution in [2.75, 3.05) is 0 Å². The second-order valence-corrected chi connectivity index (χ2v) is 6.57. The number of carbonyl (C=O) groups is 2. The number of nitrogens with one attached hydrogen (secondary N) is 1. The van der Waals surface area contributed by atoms with E-state index < -0.39 is 0 Å². The molecule has 4 aliphatic rings. The molecular weight excluding hydrogens is 288 g/mol. The first-order chi connectivity index (χ1) is 11.2. The first-order valence-electron chi connectivity index (χ1n) is 7.96. The van der Waals surface area contributed by atoms with Gasteiger partial charge in [0, 0.05) is 18.8 Å². The molecule has 2 bridgehead atoms. The van der Waals surface area contributed by atoms with E-state index in [1.165, 1.54) is 34.1 Å². The minimum Gasteiger partial charge on any atom is -0.332 e. The lowest BCUT2D eigenvalue weighted by Gasteiger charge is -2.48. The van der Waals surface area contributed by atoms with Crippen LogP contribution in [0.25, 0.3) is 0 Å².